The van der Waals surface area contributed by atoms with Gasteiger partial charge in [-0.05, 0) is 18.2 Å². The molecule has 1 aromatic heterocycles. The number of rotatable bonds is 3. The van der Waals surface area contributed by atoms with Crippen LogP contribution in [-0.4, -0.2) is 16.7 Å². The number of hydrogen-bond donors (Lipinski definition) is 1. The van der Waals surface area contributed by atoms with E-state index in [4.69, 9.17) is 22.1 Å². The third kappa shape index (κ3) is 2.07. The second-order valence-electron chi connectivity index (χ2n) is 3.78. The summed E-state index contributed by atoms with van der Waals surface area (Å²) in [6.45, 7) is 0.273. The van der Waals surface area contributed by atoms with Gasteiger partial charge in [0.25, 0.3) is 0 Å². The molecular formula is C12H13ClFN3O. The topological polar surface area (TPSA) is 53.1 Å². The van der Waals surface area contributed by atoms with Crippen LogP contribution in [-0.2, 0) is 13.6 Å². The van der Waals surface area contributed by atoms with Gasteiger partial charge in [-0.25, -0.2) is 9.37 Å². The van der Waals surface area contributed by atoms with Crippen LogP contribution in [0, 0.1) is 5.82 Å². The van der Waals surface area contributed by atoms with Crippen LogP contribution in [0.5, 0.6) is 5.75 Å². The lowest BCUT2D eigenvalue weighted by atomic mass is 10.1. The minimum absolute atomic E-state index is 0.191. The SMILES string of the molecule is COc1ccc(-c2c(Cl)nc(CN)n2C)cc1F. The molecule has 2 rings (SSSR count). The maximum absolute atomic E-state index is 13.7. The van der Waals surface area contributed by atoms with Gasteiger partial charge in [0.15, 0.2) is 16.7 Å². The molecule has 0 saturated heterocycles. The van der Waals surface area contributed by atoms with E-state index in [1.807, 2.05) is 0 Å². The van der Waals surface area contributed by atoms with Crippen LogP contribution < -0.4 is 10.5 Å². The highest BCUT2D eigenvalue weighted by Crippen LogP contribution is 2.30. The van der Waals surface area contributed by atoms with Gasteiger partial charge in [0.2, 0.25) is 0 Å². The summed E-state index contributed by atoms with van der Waals surface area (Å²) in [6, 6.07) is 4.64. The summed E-state index contributed by atoms with van der Waals surface area (Å²) in [4.78, 5) is 4.13. The Morgan fingerprint density at radius 3 is 2.72 bits per heavy atom. The molecule has 2 aromatic rings. The highest BCUT2D eigenvalue weighted by molar-refractivity contribution is 6.32. The van der Waals surface area contributed by atoms with Crippen LogP contribution in [0.2, 0.25) is 5.15 Å². The van der Waals surface area contributed by atoms with Gasteiger partial charge in [0.1, 0.15) is 5.82 Å². The molecular weight excluding hydrogens is 257 g/mol. The molecule has 0 unspecified atom stereocenters. The Morgan fingerprint density at radius 2 is 2.22 bits per heavy atom. The van der Waals surface area contributed by atoms with Crippen molar-refractivity contribution in [2.24, 2.45) is 12.8 Å². The third-order valence-electron chi connectivity index (χ3n) is 2.75. The van der Waals surface area contributed by atoms with E-state index in [9.17, 15) is 4.39 Å². The maximum atomic E-state index is 13.7. The first-order valence-corrected chi connectivity index (χ1v) is 5.71. The Hall–Kier alpha value is -1.59. The van der Waals surface area contributed by atoms with Gasteiger partial charge in [-0.1, -0.05) is 11.6 Å². The Bertz CT molecular complexity index is 583. The zero-order valence-electron chi connectivity index (χ0n) is 10.1. The summed E-state index contributed by atoms with van der Waals surface area (Å²) in [6.07, 6.45) is 0. The average molecular weight is 270 g/mol. The Balaban J connectivity index is 2.55. The van der Waals surface area contributed by atoms with Crippen molar-refractivity contribution in [3.05, 3.63) is 35.0 Å². The zero-order chi connectivity index (χ0) is 13.3. The van der Waals surface area contributed by atoms with Gasteiger partial charge in [-0.2, -0.15) is 0 Å². The van der Waals surface area contributed by atoms with Crippen molar-refractivity contribution in [2.45, 2.75) is 6.54 Å². The van der Waals surface area contributed by atoms with E-state index in [1.54, 1.807) is 23.7 Å². The minimum Gasteiger partial charge on any atom is -0.494 e. The second kappa shape index (κ2) is 4.96. The fourth-order valence-electron chi connectivity index (χ4n) is 1.82. The van der Waals surface area contributed by atoms with E-state index >= 15 is 0 Å². The summed E-state index contributed by atoms with van der Waals surface area (Å²) in [5.74, 6) is 0.392. The predicted octanol–water partition coefficient (Wildman–Crippen LogP) is 2.35. The second-order valence-corrected chi connectivity index (χ2v) is 4.14. The molecule has 2 N–H and O–H groups in total. The normalized spacial score (nSPS) is 10.7. The molecule has 1 aromatic carbocycles. The van der Waals surface area contributed by atoms with Gasteiger partial charge in [0.05, 0.1) is 19.3 Å². The molecule has 0 atom stereocenters. The third-order valence-corrected chi connectivity index (χ3v) is 3.02. The molecule has 0 saturated carbocycles. The van der Waals surface area contributed by atoms with Crippen molar-refractivity contribution in [3.63, 3.8) is 0 Å². The highest BCUT2D eigenvalue weighted by atomic mass is 35.5. The molecule has 0 spiro atoms. The van der Waals surface area contributed by atoms with Gasteiger partial charge in [-0.3, -0.25) is 0 Å². The molecule has 4 nitrogen and oxygen atoms in total. The molecule has 0 aliphatic heterocycles. The fourth-order valence-corrected chi connectivity index (χ4v) is 2.15. The van der Waals surface area contributed by atoms with Gasteiger partial charge < -0.3 is 15.0 Å². The fraction of sp³-hybridized carbons (Fsp3) is 0.250. The zero-order valence-corrected chi connectivity index (χ0v) is 10.8. The average Bonchev–Trinajstić information content (AvgIpc) is 2.64. The molecule has 18 heavy (non-hydrogen) atoms. The van der Waals surface area contributed by atoms with E-state index in [1.165, 1.54) is 13.2 Å². The first-order chi connectivity index (χ1) is 8.58. The number of benzene rings is 1. The number of aromatic nitrogens is 2. The van der Waals surface area contributed by atoms with Crippen LogP contribution in [0.4, 0.5) is 4.39 Å². The lowest BCUT2D eigenvalue weighted by molar-refractivity contribution is 0.386. The first kappa shape index (κ1) is 12.9. The summed E-state index contributed by atoms with van der Waals surface area (Å²) in [5, 5.41) is 0.308. The highest BCUT2D eigenvalue weighted by Gasteiger charge is 2.15. The van der Waals surface area contributed by atoms with E-state index in [2.05, 4.69) is 4.98 Å². The van der Waals surface area contributed by atoms with Crippen LogP contribution in [0.15, 0.2) is 18.2 Å². The van der Waals surface area contributed by atoms with Crippen molar-refractivity contribution < 1.29 is 9.13 Å². The van der Waals surface area contributed by atoms with Crippen LogP contribution in [0.25, 0.3) is 11.3 Å². The molecule has 6 heteroatoms. The molecule has 0 radical (unpaired) electrons. The lowest BCUT2D eigenvalue weighted by Crippen LogP contribution is -2.05. The van der Waals surface area contributed by atoms with Crippen molar-refractivity contribution in [1.82, 2.24) is 9.55 Å². The number of nitrogens with two attached hydrogens (primary N) is 1. The summed E-state index contributed by atoms with van der Waals surface area (Å²) in [5.41, 5.74) is 6.82. The smallest absolute Gasteiger partial charge is 0.165 e. The number of hydrogen-bond acceptors (Lipinski definition) is 3. The minimum atomic E-state index is -0.443. The summed E-state index contributed by atoms with van der Waals surface area (Å²) in [7, 11) is 3.21. The molecule has 96 valence electrons. The number of imidazole rings is 1. The number of ether oxygens (including phenoxy) is 1. The first-order valence-electron chi connectivity index (χ1n) is 5.33. The van der Waals surface area contributed by atoms with Gasteiger partial charge in [-0.15, -0.1) is 0 Å². The lowest BCUT2D eigenvalue weighted by Gasteiger charge is -2.07. The van der Waals surface area contributed by atoms with E-state index in [-0.39, 0.29) is 12.3 Å². The molecule has 0 bridgehead atoms. The Kier molecular flexibility index (Phi) is 3.54. The molecule has 0 aliphatic rings. The Labute approximate surface area is 109 Å². The summed E-state index contributed by atoms with van der Waals surface area (Å²) < 4.78 is 20.3. The number of methoxy groups -OCH3 is 1. The number of halogens is 2. The van der Waals surface area contributed by atoms with Crippen molar-refractivity contribution in [2.75, 3.05) is 7.11 Å². The predicted molar refractivity (Wildman–Crippen MR) is 68.1 cm³/mol. The van der Waals surface area contributed by atoms with Crippen LogP contribution in [0.3, 0.4) is 0 Å². The monoisotopic (exact) mass is 269 g/mol. The quantitative estimate of drug-likeness (QED) is 0.931. The molecule has 0 amide bonds. The number of nitrogens with zero attached hydrogens (tertiary/aromatic N) is 2. The largest absolute Gasteiger partial charge is 0.494 e. The van der Waals surface area contributed by atoms with Crippen LogP contribution >= 0.6 is 11.6 Å². The van der Waals surface area contributed by atoms with E-state index < -0.39 is 5.82 Å². The van der Waals surface area contributed by atoms with Crippen LogP contribution in [0.1, 0.15) is 5.82 Å². The summed E-state index contributed by atoms with van der Waals surface area (Å²) >= 11 is 6.05. The van der Waals surface area contributed by atoms with Crippen molar-refractivity contribution in [3.8, 4) is 17.0 Å². The van der Waals surface area contributed by atoms with E-state index in [0.717, 1.165) is 0 Å². The van der Waals surface area contributed by atoms with Gasteiger partial charge >= 0.3 is 0 Å². The Morgan fingerprint density at radius 1 is 1.50 bits per heavy atom. The van der Waals surface area contributed by atoms with Gasteiger partial charge in [0, 0.05) is 12.6 Å². The van der Waals surface area contributed by atoms with Crippen molar-refractivity contribution in [1.29, 1.82) is 0 Å². The van der Waals surface area contributed by atoms with E-state index in [0.29, 0.717) is 22.2 Å². The molecule has 0 aliphatic carbocycles. The maximum Gasteiger partial charge on any atom is 0.165 e. The standard InChI is InChI=1S/C12H13ClFN3O/c1-17-10(6-15)16-12(13)11(17)7-3-4-9(18-2)8(14)5-7/h3-5H,6,15H2,1-2H3. The molecule has 0 fully saturated rings. The van der Waals surface area contributed by atoms with Crippen molar-refractivity contribution >= 4 is 11.6 Å². The molecule has 1 heterocycles.